The summed E-state index contributed by atoms with van der Waals surface area (Å²) in [6.45, 7) is 4.22. The summed E-state index contributed by atoms with van der Waals surface area (Å²) in [5, 5.41) is 0.755. The lowest BCUT2D eigenvalue weighted by Gasteiger charge is -2.03. The second-order valence-corrected chi connectivity index (χ2v) is 4.28. The smallest absolute Gasteiger partial charge is 0.340 e. The van der Waals surface area contributed by atoms with E-state index in [0.717, 1.165) is 16.5 Å². The van der Waals surface area contributed by atoms with Crippen molar-refractivity contribution in [1.82, 2.24) is 4.98 Å². The van der Waals surface area contributed by atoms with Crippen LogP contribution in [0.2, 0.25) is 0 Å². The fourth-order valence-corrected chi connectivity index (χ4v) is 2.03. The van der Waals surface area contributed by atoms with Gasteiger partial charge in [0.05, 0.1) is 25.2 Å². The molecule has 2 rings (SSSR count). The minimum Gasteiger partial charge on any atom is -0.466 e. The van der Waals surface area contributed by atoms with Gasteiger partial charge < -0.3 is 14.5 Å². The Balaban J connectivity index is 2.29. The molecule has 20 heavy (non-hydrogen) atoms. The normalized spacial score (nSPS) is 10.5. The Labute approximate surface area is 116 Å². The van der Waals surface area contributed by atoms with Crippen LogP contribution in [0.25, 0.3) is 10.9 Å². The van der Waals surface area contributed by atoms with Gasteiger partial charge in [0.25, 0.3) is 0 Å². The molecule has 0 aliphatic rings. The van der Waals surface area contributed by atoms with Gasteiger partial charge in [-0.05, 0) is 31.5 Å². The Bertz CT molecular complexity index is 630. The number of nitrogens with one attached hydrogen (secondary N) is 1. The molecular formula is C15H17NO4. The Morgan fingerprint density at radius 3 is 2.60 bits per heavy atom. The van der Waals surface area contributed by atoms with E-state index in [9.17, 15) is 9.59 Å². The first-order chi connectivity index (χ1) is 9.65. The van der Waals surface area contributed by atoms with E-state index in [-0.39, 0.29) is 18.4 Å². The minimum absolute atomic E-state index is 0.192. The first kappa shape index (κ1) is 14.1. The van der Waals surface area contributed by atoms with Gasteiger partial charge >= 0.3 is 11.9 Å². The highest BCUT2D eigenvalue weighted by Gasteiger charge is 2.14. The zero-order chi connectivity index (χ0) is 14.5. The van der Waals surface area contributed by atoms with Crippen LogP contribution < -0.4 is 0 Å². The zero-order valence-electron chi connectivity index (χ0n) is 11.6. The molecule has 0 amide bonds. The van der Waals surface area contributed by atoms with Crippen LogP contribution in [0, 0.1) is 0 Å². The van der Waals surface area contributed by atoms with Gasteiger partial charge in [0.2, 0.25) is 0 Å². The highest BCUT2D eigenvalue weighted by atomic mass is 16.5. The molecule has 0 spiro atoms. The fourth-order valence-electron chi connectivity index (χ4n) is 2.03. The summed E-state index contributed by atoms with van der Waals surface area (Å²) in [7, 11) is 0. The number of aromatic nitrogens is 1. The predicted octanol–water partition coefficient (Wildman–Crippen LogP) is 2.45. The van der Waals surface area contributed by atoms with Crippen molar-refractivity contribution in [3.05, 3.63) is 35.5 Å². The van der Waals surface area contributed by atoms with Gasteiger partial charge in [-0.2, -0.15) is 0 Å². The van der Waals surface area contributed by atoms with Crippen molar-refractivity contribution >= 4 is 22.8 Å². The van der Waals surface area contributed by atoms with Crippen LogP contribution >= 0.6 is 0 Å². The standard InChI is InChI=1S/C15H17NO4/c1-3-19-14(17)8-10-5-6-13-11(7-10)12(9-16-13)15(18)20-4-2/h5-7,9,16H,3-4,8H2,1-2H3. The van der Waals surface area contributed by atoms with Gasteiger partial charge in [-0.3, -0.25) is 4.79 Å². The van der Waals surface area contributed by atoms with Crippen LogP contribution in [0.4, 0.5) is 0 Å². The van der Waals surface area contributed by atoms with Crippen LogP contribution in [0.3, 0.4) is 0 Å². The average Bonchev–Trinajstić information content (AvgIpc) is 2.82. The number of esters is 2. The molecule has 106 valence electrons. The molecule has 1 heterocycles. The monoisotopic (exact) mass is 275 g/mol. The maximum absolute atomic E-state index is 11.8. The van der Waals surface area contributed by atoms with E-state index in [0.29, 0.717) is 18.8 Å². The summed E-state index contributed by atoms with van der Waals surface area (Å²) in [6.07, 6.45) is 1.81. The zero-order valence-corrected chi connectivity index (χ0v) is 11.6. The molecule has 0 unspecified atom stereocenters. The Morgan fingerprint density at radius 1 is 1.15 bits per heavy atom. The molecule has 0 radical (unpaired) electrons. The van der Waals surface area contributed by atoms with Gasteiger partial charge in [0, 0.05) is 17.1 Å². The highest BCUT2D eigenvalue weighted by molar-refractivity contribution is 6.04. The fraction of sp³-hybridized carbons (Fsp3) is 0.333. The largest absolute Gasteiger partial charge is 0.466 e. The third kappa shape index (κ3) is 2.99. The number of aromatic amines is 1. The maximum Gasteiger partial charge on any atom is 0.340 e. The lowest BCUT2D eigenvalue weighted by Crippen LogP contribution is -2.07. The van der Waals surface area contributed by atoms with Crippen LogP contribution in [0.1, 0.15) is 29.8 Å². The molecule has 0 aliphatic carbocycles. The molecule has 5 nitrogen and oxygen atoms in total. The second-order valence-electron chi connectivity index (χ2n) is 4.28. The lowest BCUT2D eigenvalue weighted by molar-refractivity contribution is -0.142. The molecule has 1 aromatic heterocycles. The summed E-state index contributed by atoms with van der Waals surface area (Å²) < 4.78 is 9.92. The summed E-state index contributed by atoms with van der Waals surface area (Å²) in [4.78, 5) is 26.3. The number of fused-ring (bicyclic) bond motifs is 1. The van der Waals surface area contributed by atoms with Gasteiger partial charge in [-0.15, -0.1) is 0 Å². The Morgan fingerprint density at radius 2 is 1.90 bits per heavy atom. The van der Waals surface area contributed by atoms with E-state index in [1.54, 1.807) is 20.0 Å². The lowest BCUT2D eigenvalue weighted by atomic mass is 10.1. The van der Waals surface area contributed by atoms with Crippen molar-refractivity contribution in [2.45, 2.75) is 20.3 Å². The summed E-state index contributed by atoms with van der Waals surface area (Å²) in [6, 6.07) is 5.49. The Hall–Kier alpha value is -2.30. The summed E-state index contributed by atoms with van der Waals surface area (Å²) in [5.41, 5.74) is 2.12. The van der Waals surface area contributed by atoms with Crippen molar-refractivity contribution in [3.63, 3.8) is 0 Å². The Kier molecular flexibility index (Phi) is 4.40. The molecule has 0 saturated heterocycles. The van der Waals surface area contributed by atoms with Crippen molar-refractivity contribution in [1.29, 1.82) is 0 Å². The quantitative estimate of drug-likeness (QED) is 0.851. The summed E-state index contributed by atoms with van der Waals surface area (Å²) >= 11 is 0. The molecule has 0 fully saturated rings. The number of hydrogen-bond acceptors (Lipinski definition) is 4. The number of carbonyl (C=O) groups is 2. The number of benzene rings is 1. The first-order valence-corrected chi connectivity index (χ1v) is 6.58. The van der Waals surface area contributed by atoms with E-state index in [2.05, 4.69) is 4.98 Å². The van der Waals surface area contributed by atoms with Crippen molar-refractivity contribution < 1.29 is 19.1 Å². The van der Waals surface area contributed by atoms with E-state index in [4.69, 9.17) is 9.47 Å². The number of hydrogen-bond donors (Lipinski definition) is 1. The molecule has 0 bridgehead atoms. The maximum atomic E-state index is 11.8. The predicted molar refractivity (Wildman–Crippen MR) is 74.6 cm³/mol. The number of rotatable bonds is 5. The van der Waals surface area contributed by atoms with Gasteiger partial charge in [0.1, 0.15) is 0 Å². The highest BCUT2D eigenvalue weighted by Crippen LogP contribution is 2.21. The number of ether oxygens (including phenoxy) is 2. The van der Waals surface area contributed by atoms with Crippen molar-refractivity contribution in [3.8, 4) is 0 Å². The number of carbonyl (C=O) groups excluding carboxylic acids is 2. The topological polar surface area (TPSA) is 68.4 Å². The summed E-state index contributed by atoms with van der Waals surface area (Å²) in [5.74, 6) is -0.646. The van der Waals surface area contributed by atoms with E-state index < -0.39 is 0 Å². The van der Waals surface area contributed by atoms with Gasteiger partial charge in [-0.25, -0.2) is 4.79 Å². The van der Waals surface area contributed by atoms with E-state index >= 15 is 0 Å². The SMILES string of the molecule is CCOC(=O)Cc1ccc2[nH]cc(C(=O)OCC)c2c1. The third-order valence-corrected chi connectivity index (χ3v) is 2.90. The second kappa shape index (κ2) is 6.23. The molecule has 1 aromatic carbocycles. The van der Waals surface area contributed by atoms with Crippen LogP contribution in [0.15, 0.2) is 24.4 Å². The molecule has 5 heteroatoms. The van der Waals surface area contributed by atoms with E-state index in [1.807, 2.05) is 18.2 Å². The van der Waals surface area contributed by atoms with Crippen molar-refractivity contribution in [2.75, 3.05) is 13.2 Å². The molecule has 1 N–H and O–H groups in total. The van der Waals surface area contributed by atoms with Crippen molar-refractivity contribution in [2.24, 2.45) is 0 Å². The van der Waals surface area contributed by atoms with Gasteiger partial charge in [-0.1, -0.05) is 6.07 Å². The third-order valence-electron chi connectivity index (χ3n) is 2.90. The van der Waals surface area contributed by atoms with Gasteiger partial charge in [0.15, 0.2) is 0 Å². The molecule has 0 atom stereocenters. The molecule has 0 aliphatic heterocycles. The van der Waals surface area contributed by atoms with E-state index in [1.165, 1.54) is 0 Å². The molecule has 2 aromatic rings. The minimum atomic E-state index is -0.368. The number of H-pyrrole nitrogens is 1. The van der Waals surface area contributed by atoms with Crippen LogP contribution in [-0.2, 0) is 20.7 Å². The molecule has 0 saturated carbocycles. The van der Waals surface area contributed by atoms with Crippen LogP contribution in [0.5, 0.6) is 0 Å². The molecular weight excluding hydrogens is 258 g/mol. The average molecular weight is 275 g/mol. The first-order valence-electron chi connectivity index (χ1n) is 6.58. The van der Waals surface area contributed by atoms with Crippen LogP contribution in [-0.4, -0.2) is 30.1 Å².